The maximum absolute atomic E-state index is 6.71. The number of aromatic nitrogens is 1. The van der Waals surface area contributed by atoms with Crippen LogP contribution in [0.3, 0.4) is 0 Å². The van der Waals surface area contributed by atoms with E-state index in [2.05, 4.69) is 46.3 Å². The lowest BCUT2D eigenvalue weighted by Gasteiger charge is -2.12. The molecule has 21 heavy (non-hydrogen) atoms. The largest absolute Gasteiger partial charge is 0.247 e. The van der Waals surface area contributed by atoms with Crippen LogP contribution in [0.4, 0.5) is 0 Å². The van der Waals surface area contributed by atoms with Crippen LogP contribution in [0.1, 0.15) is 17.5 Å². The van der Waals surface area contributed by atoms with Gasteiger partial charge in [-0.1, -0.05) is 51.8 Å². The van der Waals surface area contributed by atoms with Crippen molar-refractivity contribution in [3.05, 3.63) is 63.1 Å². The highest BCUT2D eigenvalue weighted by atomic mass is 79.9. The third kappa shape index (κ3) is 2.18. The topological polar surface area (TPSA) is 12.9 Å². The summed E-state index contributed by atoms with van der Waals surface area (Å²) in [5.74, 6) is 0. The summed E-state index contributed by atoms with van der Waals surface area (Å²) in [6.45, 7) is 0. The molecule has 0 amide bonds. The van der Waals surface area contributed by atoms with E-state index in [4.69, 9.17) is 16.6 Å². The first kappa shape index (κ1) is 13.3. The number of aryl methyl sites for hydroxylation is 1. The number of nitrogens with zero attached hydrogens (tertiary/aromatic N) is 1. The SMILES string of the molecule is Clc1c2c(nc3ccc(Br)cc13)-c1ccccc1CCC2. The number of rotatable bonds is 0. The van der Waals surface area contributed by atoms with Crippen molar-refractivity contribution >= 4 is 38.4 Å². The van der Waals surface area contributed by atoms with Gasteiger partial charge in [0.1, 0.15) is 0 Å². The summed E-state index contributed by atoms with van der Waals surface area (Å²) >= 11 is 10.2. The Morgan fingerprint density at radius 1 is 1.05 bits per heavy atom. The molecule has 0 fully saturated rings. The molecule has 1 aromatic heterocycles. The van der Waals surface area contributed by atoms with E-state index in [-0.39, 0.29) is 0 Å². The lowest BCUT2D eigenvalue weighted by atomic mass is 10.0. The van der Waals surface area contributed by atoms with Gasteiger partial charge in [0.15, 0.2) is 0 Å². The number of hydrogen-bond donors (Lipinski definition) is 0. The van der Waals surface area contributed by atoms with Crippen LogP contribution in [0.2, 0.25) is 5.02 Å². The fourth-order valence-electron chi connectivity index (χ4n) is 3.11. The fraction of sp³-hybridized carbons (Fsp3) is 0.167. The van der Waals surface area contributed by atoms with Crippen LogP contribution < -0.4 is 0 Å². The van der Waals surface area contributed by atoms with Gasteiger partial charge in [-0.3, -0.25) is 0 Å². The van der Waals surface area contributed by atoms with Gasteiger partial charge in [0.25, 0.3) is 0 Å². The van der Waals surface area contributed by atoms with Crippen molar-refractivity contribution in [1.82, 2.24) is 4.98 Å². The van der Waals surface area contributed by atoms with Gasteiger partial charge in [0, 0.05) is 15.4 Å². The zero-order valence-electron chi connectivity index (χ0n) is 11.4. The van der Waals surface area contributed by atoms with Gasteiger partial charge in [-0.25, -0.2) is 4.98 Å². The van der Waals surface area contributed by atoms with Crippen molar-refractivity contribution in [2.45, 2.75) is 19.3 Å². The summed E-state index contributed by atoms with van der Waals surface area (Å²) in [5, 5.41) is 1.89. The first-order valence-electron chi connectivity index (χ1n) is 7.10. The predicted molar refractivity (Wildman–Crippen MR) is 91.9 cm³/mol. The average Bonchev–Trinajstić information content (AvgIpc) is 2.68. The van der Waals surface area contributed by atoms with E-state index >= 15 is 0 Å². The molecule has 1 aliphatic rings. The predicted octanol–water partition coefficient (Wildman–Crippen LogP) is 5.81. The lowest BCUT2D eigenvalue weighted by Crippen LogP contribution is -1.95. The van der Waals surface area contributed by atoms with Crippen molar-refractivity contribution in [3.63, 3.8) is 0 Å². The fourth-order valence-corrected chi connectivity index (χ4v) is 3.81. The maximum atomic E-state index is 6.71. The molecule has 0 saturated carbocycles. The highest BCUT2D eigenvalue weighted by Crippen LogP contribution is 2.38. The van der Waals surface area contributed by atoms with Crippen molar-refractivity contribution in [3.8, 4) is 11.3 Å². The zero-order valence-corrected chi connectivity index (χ0v) is 13.7. The molecule has 2 aromatic carbocycles. The molecule has 0 N–H and O–H groups in total. The van der Waals surface area contributed by atoms with E-state index in [0.717, 1.165) is 45.4 Å². The van der Waals surface area contributed by atoms with E-state index in [9.17, 15) is 0 Å². The molecule has 0 radical (unpaired) electrons. The molecule has 1 nitrogen and oxygen atoms in total. The van der Waals surface area contributed by atoms with Gasteiger partial charge in [0.05, 0.1) is 16.2 Å². The standard InChI is InChI=1S/C18H13BrClN/c19-12-8-9-16-15(10-12)17(20)14-7-3-5-11-4-1-2-6-13(11)18(14)21-16/h1-2,4,6,8-10H,3,5,7H2. The number of halogens is 2. The normalized spacial score (nSPS) is 13.6. The zero-order chi connectivity index (χ0) is 14.4. The second-order valence-corrected chi connectivity index (χ2v) is 6.72. The van der Waals surface area contributed by atoms with Crippen molar-refractivity contribution in [2.24, 2.45) is 0 Å². The van der Waals surface area contributed by atoms with Crippen molar-refractivity contribution < 1.29 is 0 Å². The van der Waals surface area contributed by atoms with Crippen molar-refractivity contribution in [1.29, 1.82) is 0 Å². The summed E-state index contributed by atoms with van der Waals surface area (Å²) < 4.78 is 1.03. The van der Waals surface area contributed by atoms with E-state index in [1.54, 1.807) is 0 Å². The van der Waals surface area contributed by atoms with Crippen LogP contribution in [0.25, 0.3) is 22.2 Å². The molecule has 0 saturated heterocycles. The highest BCUT2D eigenvalue weighted by Gasteiger charge is 2.20. The minimum atomic E-state index is 0.855. The first-order valence-corrected chi connectivity index (χ1v) is 8.27. The van der Waals surface area contributed by atoms with Crippen LogP contribution in [-0.4, -0.2) is 4.98 Å². The quantitative estimate of drug-likeness (QED) is 0.494. The molecule has 104 valence electrons. The van der Waals surface area contributed by atoms with Gasteiger partial charge < -0.3 is 0 Å². The van der Waals surface area contributed by atoms with E-state index < -0.39 is 0 Å². The molecule has 0 spiro atoms. The minimum absolute atomic E-state index is 0.855. The molecular weight excluding hydrogens is 346 g/mol. The molecule has 3 heteroatoms. The summed E-state index contributed by atoms with van der Waals surface area (Å²) in [5.41, 5.74) is 5.81. The number of fused-ring (bicyclic) bond motifs is 4. The molecule has 3 aromatic rings. The highest BCUT2D eigenvalue weighted by molar-refractivity contribution is 9.10. The molecule has 0 unspecified atom stereocenters. The van der Waals surface area contributed by atoms with Crippen LogP contribution in [0.15, 0.2) is 46.9 Å². The lowest BCUT2D eigenvalue weighted by molar-refractivity contribution is 0.834. The van der Waals surface area contributed by atoms with E-state index in [1.807, 2.05) is 12.1 Å². The Bertz CT molecular complexity index is 857. The van der Waals surface area contributed by atoms with Crippen LogP contribution in [0, 0.1) is 0 Å². The molecular formula is C18H13BrClN. The number of benzene rings is 2. The van der Waals surface area contributed by atoms with Gasteiger partial charge in [-0.2, -0.15) is 0 Å². The van der Waals surface area contributed by atoms with Crippen LogP contribution >= 0.6 is 27.5 Å². The number of pyridine rings is 1. The first-order chi connectivity index (χ1) is 10.2. The van der Waals surface area contributed by atoms with Gasteiger partial charge in [0.2, 0.25) is 0 Å². The van der Waals surface area contributed by atoms with Crippen molar-refractivity contribution in [2.75, 3.05) is 0 Å². The Kier molecular flexibility index (Phi) is 3.24. The molecule has 0 atom stereocenters. The number of hydrogen-bond acceptors (Lipinski definition) is 1. The monoisotopic (exact) mass is 357 g/mol. The summed E-state index contributed by atoms with van der Waals surface area (Å²) in [7, 11) is 0. The summed E-state index contributed by atoms with van der Waals surface area (Å²) in [6.07, 6.45) is 3.19. The third-order valence-corrected chi connectivity index (χ3v) is 5.05. The van der Waals surface area contributed by atoms with Gasteiger partial charge in [-0.05, 0) is 48.6 Å². The Balaban J connectivity index is 2.10. The molecule has 1 heterocycles. The third-order valence-electron chi connectivity index (χ3n) is 4.12. The average molecular weight is 359 g/mol. The maximum Gasteiger partial charge on any atom is 0.0759 e. The summed E-state index contributed by atoms with van der Waals surface area (Å²) in [6, 6.07) is 14.6. The van der Waals surface area contributed by atoms with E-state index in [0.29, 0.717) is 0 Å². The molecule has 0 aliphatic heterocycles. The van der Waals surface area contributed by atoms with Crippen LogP contribution in [-0.2, 0) is 12.8 Å². The second kappa shape index (κ2) is 5.11. The Morgan fingerprint density at radius 3 is 2.81 bits per heavy atom. The smallest absolute Gasteiger partial charge is 0.0759 e. The van der Waals surface area contributed by atoms with Gasteiger partial charge >= 0.3 is 0 Å². The Hall–Kier alpha value is -1.38. The minimum Gasteiger partial charge on any atom is -0.247 e. The van der Waals surface area contributed by atoms with Gasteiger partial charge in [-0.15, -0.1) is 0 Å². The second-order valence-electron chi connectivity index (χ2n) is 5.43. The molecule has 4 rings (SSSR count). The summed E-state index contributed by atoms with van der Waals surface area (Å²) in [4.78, 5) is 4.91. The van der Waals surface area contributed by atoms with Crippen LogP contribution in [0.5, 0.6) is 0 Å². The molecule has 0 bridgehead atoms. The molecule has 1 aliphatic carbocycles. The Morgan fingerprint density at radius 2 is 1.90 bits per heavy atom. The Labute approximate surface area is 137 Å². The van der Waals surface area contributed by atoms with E-state index in [1.165, 1.54) is 16.7 Å².